The van der Waals surface area contributed by atoms with E-state index in [-0.39, 0.29) is 0 Å². The van der Waals surface area contributed by atoms with Gasteiger partial charge in [-0.05, 0) is 0 Å². The van der Waals surface area contributed by atoms with Gasteiger partial charge >= 0.3 is 8.80 Å². The lowest BCUT2D eigenvalue weighted by Gasteiger charge is -2.24. The van der Waals surface area contributed by atoms with Crippen LogP contribution < -0.4 is 0 Å². The number of hydrogen-bond donors (Lipinski definition) is 0. The Kier molecular flexibility index (Phi) is 7.32. The molecule has 3 nitrogen and oxygen atoms in total. The van der Waals surface area contributed by atoms with Crippen LogP contribution in [-0.4, -0.2) is 28.6 Å². The molecule has 0 N–H and O–H groups in total. The molecule has 0 aromatic heterocycles. The zero-order valence-corrected chi connectivity index (χ0v) is 9.70. The van der Waals surface area contributed by atoms with E-state index in [0.29, 0.717) is 19.8 Å². The van der Waals surface area contributed by atoms with Crippen molar-refractivity contribution in [3.63, 3.8) is 0 Å². The molecule has 0 fully saturated rings. The Bertz CT molecular complexity index is 161. The summed E-state index contributed by atoms with van der Waals surface area (Å²) in [5.74, 6) is 0. The van der Waals surface area contributed by atoms with Crippen LogP contribution in [0.15, 0.2) is 38.0 Å². The molecular formula is C10H18O3Si. The Morgan fingerprint density at radius 3 is 1.36 bits per heavy atom. The largest absolute Gasteiger partial charge is 0.498 e. The highest BCUT2D eigenvalue weighted by Crippen LogP contribution is 2.09. The summed E-state index contributed by atoms with van der Waals surface area (Å²) >= 11 is 0. The lowest BCUT2D eigenvalue weighted by Crippen LogP contribution is -2.42. The Morgan fingerprint density at radius 2 is 1.14 bits per heavy atom. The predicted molar refractivity (Wildman–Crippen MR) is 60.1 cm³/mol. The molecule has 0 amide bonds. The second kappa shape index (κ2) is 7.70. The molecule has 0 aromatic rings. The van der Waals surface area contributed by atoms with Gasteiger partial charge in [0.2, 0.25) is 0 Å². The van der Waals surface area contributed by atoms with Crippen molar-refractivity contribution in [2.75, 3.05) is 19.8 Å². The minimum atomic E-state index is -2.53. The summed E-state index contributed by atoms with van der Waals surface area (Å²) in [6.45, 7) is 13.8. The van der Waals surface area contributed by atoms with Crippen LogP contribution in [0.1, 0.15) is 0 Å². The number of hydrogen-bond acceptors (Lipinski definition) is 3. The molecule has 0 unspecified atom stereocenters. The van der Waals surface area contributed by atoms with Crippen LogP contribution in [0.25, 0.3) is 0 Å². The zero-order chi connectivity index (χ0) is 10.9. The van der Waals surface area contributed by atoms with Crippen LogP contribution >= 0.6 is 0 Å². The standard InChI is InChI=1S/C10H18O3Si/c1-5-8-11-14(4,12-9-6-2)13-10-7-3/h5-7H,1-3,8-10H2,4H3. The highest BCUT2D eigenvalue weighted by atomic mass is 28.4. The molecule has 80 valence electrons. The van der Waals surface area contributed by atoms with Crippen molar-refractivity contribution in [2.45, 2.75) is 6.55 Å². The van der Waals surface area contributed by atoms with Gasteiger partial charge in [-0.2, -0.15) is 0 Å². The van der Waals surface area contributed by atoms with E-state index < -0.39 is 8.80 Å². The van der Waals surface area contributed by atoms with E-state index in [4.69, 9.17) is 13.3 Å². The molecule has 14 heavy (non-hydrogen) atoms. The molecule has 0 spiro atoms. The first-order valence-corrected chi connectivity index (χ1v) is 6.65. The minimum Gasteiger partial charge on any atom is -0.370 e. The highest BCUT2D eigenvalue weighted by Gasteiger charge is 2.33. The first-order chi connectivity index (χ1) is 6.68. The summed E-state index contributed by atoms with van der Waals surface area (Å²) in [4.78, 5) is 0. The molecule has 4 heteroatoms. The summed E-state index contributed by atoms with van der Waals surface area (Å²) in [5.41, 5.74) is 0. The van der Waals surface area contributed by atoms with Crippen LogP contribution in [-0.2, 0) is 13.3 Å². The zero-order valence-electron chi connectivity index (χ0n) is 8.70. The molecule has 0 rings (SSSR count). The summed E-state index contributed by atoms with van der Waals surface area (Å²) in [6.07, 6.45) is 5.00. The molecule has 0 aliphatic rings. The fraction of sp³-hybridized carbons (Fsp3) is 0.400. The lowest BCUT2D eigenvalue weighted by molar-refractivity contribution is 0.0934. The van der Waals surface area contributed by atoms with Crippen molar-refractivity contribution < 1.29 is 13.3 Å². The molecule has 0 aromatic carbocycles. The van der Waals surface area contributed by atoms with E-state index in [1.807, 2.05) is 6.55 Å². The minimum absolute atomic E-state index is 0.428. The van der Waals surface area contributed by atoms with E-state index in [2.05, 4.69) is 19.7 Å². The third kappa shape index (κ3) is 5.88. The fourth-order valence-electron chi connectivity index (χ4n) is 0.756. The van der Waals surface area contributed by atoms with Crippen LogP contribution in [0, 0.1) is 0 Å². The van der Waals surface area contributed by atoms with Crippen LogP contribution in [0.3, 0.4) is 0 Å². The monoisotopic (exact) mass is 214 g/mol. The van der Waals surface area contributed by atoms with Crippen molar-refractivity contribution in [2.24, 2.45) is 0 Å². The quantitative estimate of drug-likeness (QED) is 0.435. The van der Waals surface area contributed by atoms with Crippen molar-refractivity contribution in [3.05, 3.63) is 38.0 Å². The first kappa shape index (κ1) is 13.3. The Balaban J connectivity index is 4.07. The smallest absolute Gasteiger partial charge is 0.370 e. The lowest BCUT2D eigenvalue weighted by atomic mass is 10.7. The Morgan fingerprint density at radius 1 is 0.857 bits per heavy atom. The maximum Gasteiger partial charge on any atom is 0.498 e. The van der Waals surface area contributed by atoms with E-state index >= 15 is 0 Å². The predicted octanol–water partition coefficient (Wildman–Crippen LogP) is 2.16. The van der Waals surface area contributed by atoms with Crippen molar-refractivity contribution in [3.8, 4) is 0 Å². The Labute approximate surface area is 87.0 Å². The van der Waals surface area contributed by atoms with E-state index in [9.17, 15) is 0 Å². The van der Waals surface area contributed by atoms with Crippen molar-refractivity contribution >= 4 is 8.80 Å². The average molecular weight is 214 g/mol. The van der Waals surface area contributed by atoms with Gasteiger partial charge in [-0.3, -0.25) is 0 Å². The summed E-state index contributed by atoms with van der Waals surface area (Å²) in [7, 11) is -2.53. The second-order valence-electron chi connectivity index (χ2n) is 2.66. The topological polar surface area (TPSA) is 27.7 Å². The van der Waals surface area contributed by atoms with Gasteiger partial charge in [-0.1, -0.05) is 18.2 Å². The molecule has 0 saturated heterocycles. The van der Waals surface area contributed by atoms with Gasteiger partial charge in [0.1, 0.15) is 0 Å². The molecule has 0 heterocycles. The van der Waals surface area contributed by atoms with Gasteiger partial charge in [0.05, 0.1) is 19.8 Å². The van der Waals surface area contributed by atoms with Crippen molar-refractivity contribution in [1.82, 2.24) is 0 Å². The van der Waals surface area contributed by atoms with Crippen LogP contribution in [0.4, 0.5) is 0 Å². The average Bonchev–Trinajstić information content (AvgIpc) is 2.21. The molecule has 0 saturated carbocycles. The molecule has 0 bridgehead atoms. The maximum atomic E-state index is 5.46. The number of rotatable bonds is 9. The third-order valence-corrected chi connectivity index (χ3v) is 3.46. The summed E-state index contributed by atoms with van der Waals surface area (Å²) in [6, 6.07) is 0. The van der Waals surface area contributed by atoms with Gasteiger partial charge in [-0.15, -0.1) is 19.7 Å². The molecule has 0 radical (unpaired) electrons. The fourth-order valence-corrected chi connectivity index (χ4v) is 2.27. The first-order valence-electron chi connectivity index (χ1n) is 4.43. The van der Waals surface area contributed by atoms with Gasteiger partial charge in [0.15, 0.2) is 0 Å². The van der Waals surface area contributed by atoms with Crippen LogP contribution in [0.2, 0.25) is 6.55 Å². The normalized spacial score (nSPS) is 10.9. The molecule has 0 atom stereocenters. The van der Waals surface area contributed by atoms with E-state index in [1.54, 1.807) is 18.2 Å². The van der Waals surface area contributed by atoms with Gasteiger partial charge in [-0.25, -0.2) is 0 Å². The molecule has 0 aliphatic heterocycles. The second-order valence-corrected chi connectivity index (χ2v) is 5.25. The van der Waals surface area contributed by atoms with Gasteiger partial charge in [0, 0.05) is 6.55 Å². The molecule has 0 aliphatic carbocycles. The highest BCUT2D eigenvalue weighted by molar-refractivity contribution is 6.59. The maximum absolute atomic E-state index is 5.46. The van der Waals surface area contributed by atoms with Crippen LogP contribution in [0.5, 0.6) is 0 Å². The van der Waals surface area contributed by atoms with Gasteiger partial charge < -0.3 is 13.3 Å². The third-order valence-electron chi connectivity index (χ3n) is 1.39. The SMILES string of the molecule is C=CCO[Si](C)(OCC=C)OCC=C. The summed E-state index contributed by atoms with van der Waals surface area (Å²) in [5, 5.41) is 0. The Hall–Kier alpha value is -0.683. The van der Waals surface area contributed by atoms with E-state index in [0.717, 1.165) is 0 Å². The summed E-state index contributed by atoms with van der Waals surface area (Å²) < 4.78 is 16.4. The van der Waals surface area contributed by atoms with E-state index in [1.165, 1.54) is 0 Å². The van der Waals surface area contributed by atoms with Gasteiger partial charge in [0.25, 0.3) is 0 Å². The molecular weight excluding hydrogens is 196 g/mol. The van der Waals surface area contributed by atoms with Crippen molar-refractivity contribution in [1.29, 1.82) is 0 Å².